The topological polar surface area (TPSA) is 89.0 Å². The predicted molar refractivity (Wildman–Crippen MR) is 112 cm³/mol. The Bertz CT molecular complexity index is 963. The predicted octanol–water partition coefficient (Wildman–Crippen LogP) is 3.81. The summed E-state index contributed by atoms with van der Waals surface area (Å²) in [5.41, 5.74) is 1.22. The van der Waals surface area contributed by atoms with E-state index in [0.29, 0.717) is 22.9 Å². The lowest BCUT2D eigenvalue weighted by Gasteiger charge is -2.12. The highest BCUT2D eigenvalue weighted by atomic mass is 32.2. The average molecular weight is 418 g/mol. The van der Waals surface area contributed by atoms with Crippen molar-refractivity contribution in [3.05, 3.63) is 48.3 Å². The zero-order valence-corrected chi connectivity index (χ0v) is 17.5. The Morgan fingerprint density at radius 3 is 2.36 bits per heavy atom. The van der Waals surface area contributed by atoms with Crippen LogP contribution in [0, 0.1) is 5.92 Å². The number of carbonyl (C=O) groups is 1. The number of amides is 1. The summed E-state index contributed by atoms with van der Waals surface area (Å²) in [4.78, 5) is 21.6. The number of thioether (sulfide) groups is 1. The Kier molecular flexibility index (Phi) is 6.51. The van der Waals surface area contributed by atoms with E-state index in [-0.39, 0.29) is 10.8 Å². The molecule has 0 bridgehead atoms. The van der Waals surface area contributed by atoms with E-state index in [1.54, 1.807) is 18.3 Å². The molecular formula is C20H23N3O3S2. The van der Waals surface area contributed by atoms with Crippen LogP contribution in [-0.2, 0) is 14.6 Å². The van der Waals surface area contributed by atoms with E-state index in [1.807, 2.05) is 12.3 Å². The molecule has 1 aliphatic carbocycles. The number of nitrogens with one attached hydrogen (secondary N) is 1. The number of allylic oxidation sites excluding steroid dienone is 1. The number of rotatable bonds is 6. The van der Waals surface area contributed by atoms with E-state index in [4.69, 9.17) is 0 Å². The van der Waals surface area contributed by atoms with E-state index >= 15 is 0 Å². The van der Waals surface area contributed by atoms with Gasteiger partial charge in [-0.15, -0.1) is 11.8 Å². The van der Waals surface area contributed by atoms with Crippen molar-refractivity contribution in [1.82, 2.24) is 9.97 Å². The van der Waals surface area contributed by atoms with Crippen molar-refractivity contribution in [2.45, 2.75) is 35.6 Å². The van der Waals surface area contributed by atoms with Crippen LogP contribution in [0.4, 0.5) is 5.82 Å². The van der Waals surface area contributed by atoms with Crippen molar-refractivity contribution in [1.29, 1.82) is 0 Å². The van der Waals surface area contributed by atoms with Gasteiger partial charge in [0.25, 0.3) is 5.91 Å². The van der Waals surface area contributed by atoms with Gasteiger partial charge in [-0.25, -0.2) is 18.4 Å². The van der Waals surface area contributed by atoms with Gasteiger partial charge in [0.2, 0.25) is 0 Å². The molecule has 0 unspecified atom stereocenters. The molecule has 0 radical (unpaired) electrons. The monoisotopic (exact) mass is 417 g/mol. The van der Waals surface area contributed by atoms with Crippen molar-refractivity contribution in [2.24, 2.45) is 5.92 Å². The molecule has 6 nitrogen and oxygen atoms in total. The third kappa shape index (κ3) is 5.20. The van der Waals surface area contributed by atoms with Crippen LogP contribution >= 0.6 is 11.8 Å². The largest absolute Gasteiger partial charge is 0.305 e. The van der Waals surface area contributed by atoms with Crippen molar-refractivity contribution in [3.63, 3.8) is 0 Å². The standard InChI is InChI=1S/C20H23N3O3S2/c1-27-19-13-21-18(12-22-19)23-20(24)17(11-14-5-3-4-6-14)15-7-9-16(10-8-15)28(2,25)26/h7-14H,3-6H2,1-2H3,(H,21,23,24)/b17-11+. The first-order valence-corrected chi connectivity index (χ1v) is 12.2. The van der Waals surface area contributed by atoms with Gasteiger partial charge in [-0.05, 0) is 42.7 Å². The lowest BCUT2D eigenvalue weighted by molar-refractivity contribution is -0.111. The highest BCUT2D eigenvalue weighted by Gasteiger charge is 2.19. The molecule has 1 aliphatic rings. The second kappa shape index (κ2) is 8.87. The minimum atomic E-state index is -3.28. The maximum Gasteiger partial charge on any atom is 0.257 e. The van der Waals surface area contributed by atoms with Gasteiger partial charge in [0.05, 0.1) is 17.3 Å². The number of benzene rings is 1. The summed E-state index contributed by atoms with van der Waals surface area (Å²) in [6.45, 7) is 0. The molecule has 1 fully saturated rings. The minimum absolute atomic E-state index is 0.232. The lowest BCUT2D eigenvalue weighted by atomic mass is 9.98. The molecule has 28 heavy (non-hydrogen) atoms. The van der Waals surface area contributed by atoms with E-state index in [1.165, 1.54) is 36.3 Å². The summed E-state index contributed by atoms with van der Waals surface area (Å²) in [7, 11) is -3.28. The second-order valence-corrected chi connectivity index (χ2v) is 9.66. The fourth-order valence-electron chi connectivity index (χ4n) is 3.21. The highest BCUT2D eigenvalue weighted by molar-refractivity contribution is 7.98. The average Bonchev–Trinajstić information content (AvgIpc) is 3.19. The number of carbonyl (C=O) groups excluding carboxylic acids is 1. The van der Waals surface area contributed by atoms with Gasteiger partial charge in [-0.2, -0.15) is 0 Å². The molecule has 0 atom stereocenters. The van der Waals surface area contributed by atoms with Gasteiger partial charge in [0.15, 0.2) is 15.7 Å². The Balaban J connectivity index is 1.88. The van der Waals surface area contributed by atoms with Gasteiger partial charge >= 0.3 is 0 Å². The zero-order chi connectivity index (χ0) is 20.1. The van der Waals surface area contributed by atoms with Crippen molar-refractivity contribution >= 4 is 38.9 Å². The molecule has 1 amide bonds. The van der Waals surface area contributed by atoms with Gasteiger partial charge in [0.1, 0.15) is 5.03 Å². The SMILES string of the molecule is CSc1cnc(NC(=O)/C(=C/C2CCCC2)c2ccc(S(C)(=O)=O)cc2)cn1. The van der Waals surface area contributed by atoms with Crippen LogP contribution in [0.2, 0.25) is 0 Å². The molecule has 3 rings (SSSR count). The molecule has 1 N–H and O–H groups in total. The molecule has 0 aliphatic heterocycles. The Labute approximate surface area is 169 Å². The van der Waals surface area contributed by atoms with Gasteiger partial charge in [0, 0.05) is 11.8 Å². The first-order chi connectivity index (χ1) is 13.4. The first kappa shape index (κ1) is 20.5. The van der Waals surface area contributed by atoms with Gasteiger partial charge in [-0.1, -0.05) is 31.1 Å². The summed E-state index contributed by atoms with van der Waals surface area (Å²) in [5.74, 6) is 0.457. The van der Waals surface area contributed by atoms with Crippen molar-refractivity contribution < 1.29 is 13.2 Å². The Morgan fingerprint density at radius 2 is 1.82 bits per heavy atom. The summed E-state index contributed by atoms with van der Waals surface area (Å²) < 4.78 is 23.4. The van der Waals surface area contributed by atoms with Crippen LogP contribution < -0.4 is 5.32 Å². The van der Waals surface area contributed by atoms with Crippen LogP contribution in [0.5, 0.6) is 0 Å². The van der Waals surface area contributed by atoms with Gasteiger partial charge < -0.3 is 5.32 Å². The van der Waals surface area contributed by atoms with Crippen molar-refractivity contribution in [2.75, 3.05) is 17.8 Å². The normalized spacial score (nSPS) is 15.6. The third-order valence-corrected chi connectivity index (χ3v) is 6.48. The molecule has 1 heterocycles. The number of aromatic nitrogens is 2. The fourth-order valence-corrected chi connectivity index (χ4v) is 4.16. The molecule has 8 heteroatoms. The highest BCUT2D eigenvalue weighted by Crippen LogP contribution is 2.30. The number of hydrogen-bond acceptors (Lipinski definition) is 6. The summed E-state index contributed by atoms with van der Waals surface area (Å²) in [6, 6.07) is 6.43. The van der Waals surface area contributed by atoms with Crippen LogP contribution in [0.15, 0.2) is 52.7 Å². The van der Waals surface area contributed by atoms with Crippen LogP contribution in [-0.4, -0.2) is 36.8 Å². The lowest BCUT2D eigenvalue weighted by Crippen LogP contribution is -2.16. The Morgan fingerprint density at radius 1 is 1.14 bits per heavy atom. The zero-order valence-electron chi connectivity index (χ0n) is 15.9. The van der Waals surface area contributed by atoms with Gasteiger partial charge in [-0.3, -0.25) is 4.79 Å². The van der Waals surface area contributed by atoms with E-state index < -0.39 is 9.84 Å². The molecule has 0 spiro atoms. The smallest absolute Gasteiger partial charge is 0.257 e. The maximum absolute atomic E-state index is 13.0. The van der Waals surface area contributed by atoms with Crippen LogP contribution in [0.25, 0.3) is 5.57 Å². The van der Waals surface area contributed by atoms with E-state index in [0.717, 1.165) is 30.7 Å². The molecule has 0 saturated heterocycles. The van der Waals surface area contributed by atoms with Crippen molar-refractivity contribution in [3.8, 4) is 0 Å². The third-order valence-electron chi connectivity index (χ3n) is 4.72. The van der Waals surface area contributed by atoms with E-state index in [9.17, 15) is 13.2 Å². The second-order valence-electron chi connectivity index (χ2n) is 6.82. The number of sulfone groups is 1. The summed E-state index contributed by atoms with van der Waals surface area (Å²) in [5, 5.41) is 3.58. The molecule has 148 valence electrons. The fraction of sp³-hybridized carbons (Fsp3) is 0.350. The van der Waals surface area contributed by atoms with E-state index in [2.05, 4.69) is 15.3 Å². The first-order valence-electron chi connectivity index (χ1n) is 9.06. The van der Waals surface area contributed by atoms with Crippen LogP contribution in [0.3, 0.4) is 0 Å². The molecule has 1 aromatic carbocycles. The molecular weight excluding hydrogens is 394 g/mol. The summed E-state index contributed by atoms with van der Waals surface area (Å²) >= 11 is 1.48. The number of hydrogen-bond donors (Lipinski definition) is 1. The summed E-state index contributed by atoms with van der Waals surface area (Å²) in [6.07, 6.45) is 12.6. The maximum atomic E-state index is 13.0. The number of nitrogens with zero attached hydrogens (tertiary/aromatic N) is 2. The molecule has 1 aromatic heterocycles. The number of anilines is 1. The minimum Gasteiger partial charge on any atom is -0.305 e. The molecule has 2 aromatic rings. The Hall–Kier alpha value is -2.19. The molecule has 1 saturated carbocycles. The van der Waals surface area contributed by atoms with Crippen LogP contribution in [0.1, 0.15) is 31.2 Å². The quantitative estimate of drug-likeness (QED) is 0.568.